The smallest absolute Gasteiger partial charge is 0.315 e. The number of hydrogen-bond acceptors (Lipinski definition) is 8. The Bertz CT molecular complexity index is 1170. The number of nitrogens with one attached hydrogen (secondary N) is 1. The fourth-order valence-electron chi connectivity index (χ4n) is 3.74. The predicted octanol–water partition coefficient (Wildman–Crippen LogP) is 3.41. The van der Waals surface area contributed by atoms with E-state index in [4.69, 9.17) is 14.2 Å². The highest BCUT2D eigenvalue weighted by Crippen LogP contribution is 2.39. The number of fused-ring (bicyclic) bond motifs is 1. The molecule has 2 heterocycles. The van der Waals surface area contributed by atoms with Crippen molar-refractivity contribution < 1.29 is 23.8 Å². The fraction of sp³-hybridized carbons (Fsp3) is 0.364. The lowest BCUT2D eigenvalue weighted by Gasteiger charge is -2.08. The second-order valence-electron chi connectivity index (χ2n) is 7.23. The van der Waals surface area contributed by atoms with Gasteiger partial charge in [0.1, 0.15) is 23.1 Å². The van der Waals surface area contributed by atoms with Gasteiger partial charge in [-0.15, -0.1) is 11.3 Å². The average Bonchev–Trinajstić information content (AvgIpc) is 3.47. The van der Waals surface area contributed by atoms with Gasteiger partial charge in [-0.3, -0.25) is 19.6 Å². The van der Waals surface area contributed by atoms with Crippen LogP contribution in [0.3, 0.4) is 0 Å². The first kappa shape index (κ1) is 21.8. The second-order valence-corrected chi connectivity index (χ2v) is 8.31. The highest BCUT2D eigenvalue weighted by molar-refractivity contribution is 7.16. The molecule has 0 bridgehead atoms. The number of carbonyl (C=O) groups is 2. The molecule has 0 saturated carbocycles. The van der Waals surface area contributed by atoms with Gasteiger partial charge in [0.15, 0.2) is 5.13 Å². The second kappa shape index (κ2) is 8.99. The van der Waals surface area contributed by atoms with Crippen LogP contribution in [0, 0.1) is 0 Å². The maximum Gasteiger partial charge on any atom is 0.315 e. The van der Waals surface area contributed by atoms with Gasteiger partial charge >= 0.3 is 5.97 Å². The Labute approximate surface area is 189 Å². The minimum atomic E-state index is -0.365. The fourth-order valence-corrected chi connectivity index (χ4v) is 4.77. The van der Waals surface area contributed by atoms with Crippen LogP contribution in [0.5, 0.6) is 11.5 Å². The van der Waals surface area contributed by atoms with Crippen molar-refractivity contribution in [1.82, 2.24) is 14.8 Å². The van der Waals surface area contributed by atoms with Crippen LogP contribution in [-0.4, -0.2) is 47.5 Å². The summed E-state index contributed by atoms with van der Waals surface area (Å²) in [6, 6.07) is 7.09. The van der Waals surface area contributed by atoms with E-state index in [-0.39, 0.29) is 17.8 Å². The molecule has 1 aliphatic rings. The van der Waals surface area contributed by atoms with E-state index in [0.717, 1.165) is 11.3 Å². The summed E-state index contributed by atoms with van der Waals surface area (Å²) in [5.41, 5.74) is 2.36. The van der Waals surface area contributed by atoms with Crippen LogP contribution in [0.25, 0.3) is 11.3 Å². The molecule has 1 aromatic carbocycles. The maximum absolute atomic E-state index is 12.9. The summed E-state index contributed by atoms with van der Waals surface area (Å²) in [7, 11) is 4.86. The van der Waals surface area contributed by atoms with Gasteiger partial charge in [-0.05, 0) is 44.0 Å². The molecular weight excluding hydrogens is 432 g/mol. The van der Waals surface area contributed by atoms with Crippen LogP contribution in [0.4, 0.5) is 5.13 Å². The minimum Gasteiger partial charge on any atom is -0.497 e. The van der Waals surface area contributed by atoms with Gasteiger partial charge in [0, 0.05) is 17.5 Å². The zero-order valence-electron chi connectivity index (χ0n) is 18.3. The van der Waals surface area contributed by atoms with Gasteiger partial charge in [0.25, 0.3) is 5.91 Å². The van der Waals surface area contributed by atoms with Crippen molar-refractivity contribution in [2.24, 2.45) is 7.05 Å². The molecule has 1 amide bonds. The molecule has 0 saturated heterocycles. The number of rotatable bonds is 7. The van der Waals surface area contributed by atoms with Crippen LogP contribution in [0.15, 0.2) is 24.3 Å². The Morgan fingerprint density at radius 2 is 2.06 bits per heavy atom. The molecule has 1 atom stereocenters. The van der Waals surface area contributed by atoms with Crippen molar-refractivity contribution in [1.29, 1.82) is 0 Å². The maximum atomic E-state index is 12.9. The van der Waals surface area contributed by atoms with Crippen LogP contribution in [-0.2, 0) is 23.0 Å². The van der Waals surface area contributed by atoms with Crippen molar-refractivity contribution in [3.05, 3.63) is 40.5 Å². The van der Waals surface area contributed by atoms with Gasteiger partial charge in [-0.2, -0.15) is 5.10 Å². The lowest BCUT2D eigenvalue weighted by Crippen LogP contribution is -2.17. The van der Waals surface area contributed by atoms with Crippen LogP contribution >= 0.6 is 11.3 Å². The van der Waals surface area contributed by atoms with Crippen molar-refractivity contribution in [3.8, 4) is 22.8 Å². The summed E-state index contributed by atoms with van der Waals surface area (Å²) in [6.07, 6.45) is 1.44. The molecule has 9 nitrogen and oxygen atoms in total. The van der Waals surface area contributed by atoms with E-state index in [0.29, 0.717) is 52.3 Å². The molecule has 10 heteroatoms. The Morgan fingerprint density at radius 1 is 1.25 bits per heavy atom. The number of ether oxygens (including phenoxy) is 3. The number of esters is 1. The Morgan fingerprint density at radius 3 is 2.78 bits per heavy atom. The number of amides is 1. The largest absolute Gasteiger partial charge is 0.497 e. The van der Waals surface area contributed by atoms with E-state index in [1.54, 1.807) is 46.4 Å². The molecule has 0 fully saturated rings. The third-order valence-electron chi connectivity index (χ3n) is 5.30. The first-order chi connectivity index (χ1) is 15.4. The molecule has 0 radical (unpaired) electrons. The Kier molecular flexibility index (Phi) is 6.13. The van der Waals surface area contributed by atoms with Crippen molar-refractivity contribution in [2.75, 3.05) is 26.1 Å². The topological polar surface area (TPSA) is 105 Å². The molecule has 32 heavy (non-hydrogen) atoms. The summed E-state index contributed by atoms with van der Waals surface area (Å²) in [5.74, 6) is 0.310. The molecule has 3 aromatic rings. The number of nitrogens with zero attached hydrogens (tertiary/aromatic N) is 3. The molecule has 1 unspecified atom stereocenters. The van der Waals surface area contributed by atoms with E-state index in [1.807, 2.05) is 6.07 Å². The van der Waals surface area contributed by atoms with E-state index >= 15 is 0 Å². The monoisotopic (exact) mass is 456 g/mol. The van der Waals surface area contributed by atoms with Gasteiger partial charge in [-0.25, -0.2) is 4.98 Å². The first-order valence-electron chi connectivity index (χ1n) is 10.2. The van der Waals surface area contributed by atoms with E-state index < -0.39 is 0 Å². The predicted molar refractivity (Wildman–Crippen MR) is 120 cm³/mol. The van der Waals surface area contributed by atoms with Gasteiger partial charge in [-0.1, -0.05) is 0 Å². The zero-order valence-corrected chi connectivity index (χ0v) is 19.1. The van der Waals surface area contributed by atoms with E-state index in [2.05, 4.69) is 15.4 Å². The summed E-state index contributed by atoms with van der Waals surface area (Å²) in [4.78, 5) is 30.6. The summed E-state index contributed by atoms with van der Waals surface area (Å²) >= 11 is 1.39. The molecule has 1 aliphatic carbocycles. The Hall–Kier alpha value is -3.40. The summed E-state index contributed by atoms with van der Waals surface area (Å²) < 4.78 is 17.4. The van der Waals surface area contributed by atoms with Crippen molar-refractivity contribution in [3.63, 3.8) is 0 Å². The molecule has 2 aromatic heterocycles. The van der Waals surface area contributed by atoms with E-state index in [1.165, 1.54) is 16.0 Å². The highest BCUT2D eigenvalue weighted by Gasteiger charge is 2.34. The number of thiazole rings is 1. The van der Waals surface area contributed by atoms with Crippen molar-refractivity contribution in [2.45, 2.75) is 25.7 Å². The average molecular weight is 457 g/mol. The molecule has 1 N–H and O–H groups in total. The number of aromatic nitrogens is 3. The lowest BCUT2D eigenvalue weighted by molar-refractivity contribution is -0.145. The Balaban J connectivity index is 1.56. The van der Waals surface area contributed by atoms with Crippen molar-refractivity contribution >= 4 is 28.3 Å². The molecular formula is C22H24N4O5S. The quantitative estimate of drug-likeness (QED) is 0.543. The number of methoxy groups -OCH3 is 2. The molecule has 4 rings (SSSR count). The number of carbonyl (C=O) groups excluding carboxylic acids is 2. The van der Waals surface area contributed by atoms with Crippen LogP contribution < -0.4 is 14.8 Å². The number of anilines is 1. The first-order valence-corrected chi connectivity index (χ1v) is 11.0. The normalized spacial score (nSPS) is 14.7. The van der Waals surface area contributed by atoms with Gasteiger partial charge < -0.3 is 14.2 Å². The lowest BCUT2D eigenvalue weighted by atomic mass is 10.1. The standard InChI is InChI=1S/C22H24N4O5S/c1-5-31-21(28)13-7-9-18-19(13)23-22(32-18)24-20(27)16-11-15(25-26(16)2)14-10-12(29-3)6-8-17(14)30-4/h6,8,10-11,13H,5,7,9H2,1-4H3,(H,23,24,27). The SMILES string of the molecule is CCOC(=O)C1CCc2sc(NC(=O)c3cc(-c4cc(OC)ccc4OC)nn3C)nc21. The van der Waals surface area contributed by atoms with Crippen LogP contribution in [0.1, 0.15) is 40.3 Å². The molecule has 0 aliphatic heterocycles. The summed E-state index contributed by atoms with van der Waals surface area (Å²) in [5, 5.41) is 7.77. The zero-order chi connectivity index (χ0) is 22.8. The molecule has 0 spiro atoms. The summed E-state index contributed by atoms with van der Waals surface area (Å²) in [6.45, 7) is 2.11. The number of hydrogen-bond donors (Lipinski definition) is 1. The van der Waals surface area contributed by atoms with Gasteiger partial charge in [0.2, 0.25) is 0 Å². The highest BCUT2D eigenvalue weighted by atomic mass is 32.1. The van der Waals surface area contributed by atoms with Crippen LogP contribution in [0.2, 0.25) is 0 Å². The third kappa shape index (κ3) is 4.05. The third-order valence-corrected chi connectivity index (χ3v) is 6.35. The minimum absolute atomic E-state index is 0.266. The number of aryl methyl sites for hydroxylation is 2. The van der Waals surface area contributed by atoms with E-state index in [9.17, 15) is 9.59 Å². The molecule has 168 valence electrons. The number of benzene rings is 1. The van der Waals surface area contributed by atoms with Gasteiger partial charge in [0.05, 0.1) is 32.2 Å².